The summed E-state index contributed by atoms with van der Waals surface area (Å²) < 4.78 is 11.1. The minimum atomic E-state index is -0.182. The van der Waals surface area contributed by atoms with Gasteiger partial charge in [0.15, 0.2) is 5.76 Å². The lowest BCUT2D eigenvalue weighted by Crippen LogP contribution is -2.38. The van der Waals surface area contributed by atoms with E-state index in [1.165, 1.54) is 6.42 Å². The molecule has 5 heteroatoms. The van der Waals surface area contributed by atoms with E-state index in [0.29, 0.717) is 41.0 Å². The molecule has 0 amide bonds. The summed E-state index contributed by atoms with van der Waals surface area (Å²) in [6, 6.07) is 6.74. The maximum Gasteiger partial charge on any atom is 0.232 e. The van der Waals surface area contributed by atoms with Crippen molar-refractivity contribution in [1.29, 1.82) is 0 Å². The predicted octanol–water partition coefficient (Wildman–Crippen LogP) is 4.08. The summed E-state index contributed by atoms with van der Waals surface area (Å²) in [7, 11) is 0. The maximum atomic E-state index is 12.7. The average molecular weight is 353 g/mol. The first-order valence-corrected chi connectivity index (χ1v) is 9.06. The monoisotopic (exact) mass is 353 g/mol. The van der Waals surface area contributed by atoms with Crippen molar-refractivity contribution < 1.29 is 19.1 Å². The highest BCUT2D eigenvalue weighted by Gasteiger charge is 2.32. The number of carbonyl (C=O) groups is 1. The Morgan fingerprint density at radius 1 is 1.23 bits per heavy atom. The molecular formula is C21H23NO4. The fourth-order valence-electron chi connectivity index (χ4n) is 4.10. The minimum absolute atomic E-state index is 0.168. The van der Waals surface area contributed by atoms with Crippen LogP contribution in [0.2, 0.25) is 0 Å². The Morgan fingerprint density at radius 2 is 2.00 bits per heavy atom. The molecular weight excluding hydrogens is 330 g/mol. The Balaban J connectivity index is 1.64. The molecule has 0 bridgehead atoms. The first-order valence-electron chi connectivity index (χ1n) is 9.06. The van der Waals surface area contributed by atoms with Crippen LogP contribution in [0.5, 0.6) is 11.5 Å². The molecule has 0 aliphatic carbocycles. The second kappa shape index (κ2) is 6.65. The number of ketones is 1. The third kappa shape index (κ3) is 3.15. The Labute approximate surface area is 152 Å². The number of aromatic hydroxyl groups is 1. The molecule has 1 fully saturated rings. The summed E-state index contributed by atoms with van der Waals surface area (Å²) in [5.41, 5.74) is 1.17. The lowest BCUT2D eigenvalue weighted by atomic mass is 9.91. The second-order valence-corrected chi connectivity index (χ2v) is 7.54. The third-order valence-corrected chi connectivity index (χ3v) is 5.06. The van der Waals surface area contributed by atoms with Crippen molar-refractivity contribution in [3.05, 3.63) is 53.2 Å². The van der Waals surface area contributed by atoms with E-state index in [1.807, 2.05) is 0 Å². The summed E-state index contributed by atoms with van der Waals surface area (Å²) >= 11 is 0. The van der Waals surface area contributed by atoms with Crippen molar-refractivity contribution in [2.24, 2.45) is 11.8 Å². The average Bonchev–Trinajstić information content (AvgIpc) is 3.19. The SMILES string of the molecule is C[C@H]1C[C@H](C)CN(Cc2c(O)ccc3c2O/C(=C\c2ccco2)C3=O)C1. The molecule has 0 unspecified atom stereocenters. The summed E-state index contributed by atoms with van der Waals surface area (Å²) in [5, 5.41) is 10.4. The number of piperidine rings is 1. The summed E-state index contributed by atoms with van der Waals surface area (Å²) in [6.45, 7) is 7.04. The van der Waals surface area contributed by atoms with Gasteiger partial charge in [-0.25, -0.2) is 0 Å². The molecule has 3 heterocycles. The van der Waals surface area contributed by atoms with E-state index in [0.717, 1.165) is 13.1 Å². The number of benzene rings is 1. The Morgan fingerprint density at radius 3 is 2.69 bits per heavy atom. The van der Waals surface area contributed by atoms with Crippen molar-refractivity contribution in [2.45, 2.75) is 26.8 Å². The zero-order valence-corrected chi connectivity index (χ0v) is 15.1. The van der Waals surface area contributed by atoms with Crippen LogP contribution in [0.4, 0.5) is 0 Å². The fraction of sp³-hybridized carbons (Fsp3) is 0.381. The van der Waals surface area contributed by atoms with Gasteiger partial charge in [0.25, 0.3) is 0 Å². The largest absolute Gasteiger partial charge is 0.507 e. The Hall–Kier alpha value is -2.53. The van der Waals surface area contributed by atoms with Gasteiger partial charge < -0.3 is 14.3 Å². The van der Waals surface area contributed by atoms with Gasteiger partial charge in [-0.1, -0.05) is 13.8 Å². The van der Waals surface area contributed by atoms with Crippen molar-refractivity contribution in [1.82, 2.24) is 4.90 Å². The minimum Gasteiger partial charge on any atom is -0.507 e. The molecule has 2 aliphatic heterocycles. The van der Waals surface area contributed by atoms with E-state index < -0.39 is 0 Å². The van der Waals surface area contributed by atoms with Gasteiger partial charge in [0.2, 0.25) is 5.78 Å². The Bertz CT molecular complexity index is 843. The van der Waals surface area contributed by atoms with Gasteiger partial charge in [-0.15, -0.1) is 0 Å². The first kappa shape index (κ1) is 16.9. The first-order chi connectivity index (χ1) is 12.5. The van der Waals surface area contributed by atoms with Crippen LogP contribution in [0.15, 0.2) is 40.7 Å². The van der Waals surface area contributed by atoms with Crippen LogP contribution in [0.1, 0.15) is 41.9 Å². The Kier molecular flexibility index (Phi) is 4.32. The van der Waals surface area contributed by atoms with Crippen LogP contribution in [0.25, 0.3) is 6.08 Å². The van der Waals surface area contributed by atoms with Gasteiger partial charge in [-0.2, -0.15) is 0 Å². The number of rotatable bonds is 3. The zero-order valence-electron chi connectivity index (χ0n) is 15.1. The molecule has 2 atom stereocenters. The number of carbonyl (C=O) groups excluding carboxylic acids is 1. The smallest absolute Gasteiger partial charge is 0.232 e. The molecule has 2 aromatic rings. The van der Waals surface area contributed by atoms with E-state index in [2.05, 4.69) is 18.7 Å². The van der Waals surface area contributed by atoms with Gasteiger partial charge >= 0.3 is 0 Å². The summed E-state index contributed by atoms with van der Waals surface area (Å²) in [4.78, 5) is 15.0. The summed E-state index contributed by atoms with van der Waals surface area (Å²) in [5.74, 6) is 2.48. The number of ether oxygens (including phenoxy) is 1. The molecule has 1 aromatic heterocycles. The van der Waals surface area contributed by atoms with Crippen molar-refractivity contribution in [3.8, 4) is 11.5 Å². The van der Waals surface area contributed by atoms with Gasteiger partial charge in [-0.05, 0) is 42.5 Å². The molecule has 5 nitrogen and oxygen atoms in total. The van der Waals surface area contributed by atoms with Crippen LogP contribution >= 0.6 is 0 Å². The quantitative estimate of drug-likeness (QED) is 0.843. The third-order valence-electron chi connectivity index (χ3n) is 5.06. The van der Waals surface area contributed by atoms with E-state index >= 15 is 0 Å². The molecule has 0 spiro atoms. The molecule has 4 rings (SSSR count). The van der Waals surface area contributed by atoms with Gasteiger partial charge in [0, 0.05) is 25.7 Å². The number of allylic oxidation sites excluding steroid dienone is 1. The number of nitrogens with zero attached hydrogens (tertiary/aromatic N) is 1. The molecule has 2 aliphatic rings. The van der Waals surface area contributed by atoms with E-state index in [-0.39, 0.29) is 17.3 Å². The number of furan rings is 1. The standard InChI is InChI=1S/C21H23NO4/c1-13-8-14(2)11-22(10-13)12-17-18(23)6-5-16-20(24)19(26-21(16)17)9-15-4-3-7-25-15/h3-7,9,13-14,23H,8,10-12H2,1-2H3/b19-9-/t13-,14-/m0/s1. The predicted molar refractivity (Wildman–Crippen MR) is 98.0 cm³/mol. The number of hydrogen-bond donors (Lipinski definition) is 1. The second-order valence-electron chi connectivity index (χ2n) is 7.54. The lowest BCUT2D eigenvalue weighted by Gasteiger charge is -2.35. The molecule has 1 saturated heterocycles. The number of Topliss-reactive ketones (excluding diaryl/α,β-unsaturated/α-hetero) is 1. The summed E-state index contributed by atoms with van der Waals surface area (Å²) in [6.07, 6.45) is 4.36. The van der Waals surface area contributed by atoms with Crippen LogP contribution < -0.4 is 4.74 Å². The molecule has 0 saturated carbocycles. The highest BCUT2D eigenvalue weighted by atomic mass is 16.5. The number of phenolic OH excluding ortho intramolecular Hbond substituents is 1. The molecule has 136 valence electrons. The normalized spacial score (nSPS) is 24.7. The van der Waals surface area contributed by atoms with E-state index in [4.69, 9.17) is 9.15 Å². The highest BCUT2D eigenvalue weighted by Crippen LogP contribution is 2.40. The van der Waals surface area contributed by atoms with Crippen LogP contribution in [0.3, 0.4) is 0 Å². The van der Waals surface area contributed by atoms with E-state index in [1.54, 1.807) is 36.6 Å². The number of phenols is 1. The molecule has 1 N–H and O–H groups in total. The molecule has 26 heavy (non-hydrogen) atoms. The zero-order chi connectivity index (χ0) is 18.3. The topological polar surface area (TPSA) is 62.9 Å². The van der Waals surface area contributed by atoms with Gasteiger partial charge in [0.1, 0.15) is 17.3 Å². The molecule has 0 radical (unpaired) electrons. The maximum absolute atomic E-state index is 12.7. The van der Waals surface area contributed by atoms with Crippen molar-refractivity contribution >= 4 is 11.9 Å². The van der Waals surface area contributed by atoms with Crippen molar-refractivity contribution in [3.63, 3.8) is 0 Å². The van der Waals surface area contributed by atoms with Gasteiger partial charge in [-0.3, -0.25) is 9.69 Å². The number of hydrogen-bond acceptors (Lipinski definition) is 5. The van der Waals surface area contributed by atoms with Crippen molar-refractivity contribution in [2.75, 3.05) is 13.1 Å². The van der Waals surface area contributed by atoms with E-state index in [9.17, 15) is 9.90 Å². The van der Waals surface area contributed by atoms with Gasteiger partial charge in [0.05, 0.1) is 17.4 Å². The number of likely N-dealkylation sites (tertiary alicyclic amines) is 1. The van der Waals surface area contributed by atoms with Crippen LogP contribution in [0, 0.1) is 11.8 Å². The van der Waals surface area contributed by atoms with Crippen LogP contribution in [-0.2, 0) is 6.54 Å². The highest BCUT2D eigenvalue weighted by molar-refractivity contribution is 6.14. The molecule has 1 aromatic carbocycles. The van der Waals surface area contributed by atoms with Crippen LogP contribution in [-0.4, -0.2) is 28.9 Å². The number of fused-ring (bicyclic) bond motifs is 1. The lowest BCUT2D eigenvalue weighted by molar-refractivity contribution is 0.101. The fourth-order valence-corrected chi connectivity index (χ4v) is 4.10.